The maximum absolute atomic E-state index is 9.16. The maximum atomic E-state index is 9.16. The number of hydrogen-bond donors (Lipinski definition) is 1. The van der Waals surface area contributed by atoms with Crippen LogP contribution >= 0.6 is 0 Å². The van der Waals surface area contributed by atoms with Crippen molar-refractivity contribution < 1.29 is 5.11 Å². The van der Waals surface area contributed by atoms with E-state index in [1.54, 1.807) is 0 Å². The fourth-order valence-electron chi connectivity index (χ4n) is 2.06. The van der Waals surface area contributed by atoms with Gasteiger partial charge in [-0.05, 0) is 40.0 Å². The number of aliphatic hydroxyl groups is 1. The molecule has 3 nitrogen and oxygen atoms in total. The van der Waals surface area contributed by atoms with Crippen molar-refractivity contribution in [1.82, 2.24) is 9.80 Å². The van der Waals surface area contributed by atoms with Gasteiger partial charge < -0.3 is 14.9 Å². The van der Waals surface area contributed by atoms with Gasteiger partial charge in [-0.1, -0.05) is 0 Å². The summed E-state index contributed by atoms with van der Waals surface area (Å²) in [7, 11) is 6.27. The lowest BCUT2D eigenvalue weighted by Crippen LogP contribution is -2.36. The largest absolute Gasteiger partial charge is 0.395 e. The Kier molecular flexibility index (Phi) is 3.50. The molecule has 1 rings (SSSR count). The molecule has 2 atom stereocenters. The lowest BCUT2D eigenvalue weighted by molar-refractivity contribution is 0.143. The first-order valence-electron chi connectivity index (χ1n) is 4.61. The van der Waals surface area contributed by atoms with Gasteiger partial charge in [0.15, 0.2) is 0 Å². The summed E-state index contributed by atoms with van der Waals surface area (Å²) in [5.41, 5.74) is 0. The molecule has 0 amide bonds. The smallest absolute Gasteiger partial charge is 0.0589 e. The molecule has 1 aliphatic rings. The lowest BCUT2D eigenvalue weighted by atomic mass is 10.0. The molecule has 0 aromatic rings. The van der Waals surface area contributed by atoms with E-state index in [1.165, 1.54) is 6.42 Å². The minimum Gasteiger partial charge on any atom is -0.395 e. The van der Waals surface area contributed by atoms with Gasteiger partial charge in [0.05, 0.1) is 6.61 Å². The predicted molar refractivity (Wildman–Crippen MR) is 50.2 cm³/mol. The molecule has 1 heterocycles. The molecular weight excluding hydrogens is 152 g/mol. The van der Waals surface area contributed by atoms with E-state index in [1.807, 2.05) is 0 Å². The number of likely N-dealkylation sites (N-methyl/N-ethyl adjacent to an activating group) is 1. The molecule has 0 bridgehead atoms. The van der Waals surface area contributed by atoms with Crippen LogP contribution in [0.3, 0.4) is 0 Å². The molecule has 0 radical (unpaired) electrons. The van der Waals surface area contributed by atoms with E-state index in [2.05, 4.69) is 30.9 Å². The summed E-state index contributed by atoms with van der Waals surface area (Å²) in [4.78, 5) is 4.46. The Labute approximate surface area is 75.0 Å². The summed E-state index contributed by atoms with van der Waals surface area (Å²) in [6, 6.07) is 0.382. The van der Waals surface area contributed by atoms with Crippen LogP contribution in [0.1, 0.15) is 6.42 Å². The number of aliphatic hydroxyl groups excluding tert-OH is 1. The second-order valence-electron chi connectivity index (χ2n) is 4.04. The Balaban J connectivity index is 2.43. The van der Waals surface area contributed by atoms with Gasteiger partial charge in [-0.2, -0.15) is 0 Å². The normalized spacial score (nSPS) is 31.8. The second-order valence-corrected chi connectivity index (χ2v) is 4.04. The monoisotopic (exact) mass is 172 g/mol. The van der Waals surface area contributed by atoms with E-state index in [0.29, 0.717) is 18.6 Å². The Morgan fingerprint density at radius 1 is 1.50 bits per heavy atom. The zero-order valence-corrected chi connectivity index (χ0v) is 8.32. The standard InChI is InChI=1S/C9H20N2O/c1-10(2)6-8-4-5-11(3)9(8)7-12/h8-9,12H,4-7H2,1-3H3. The quantitative estimate of drug-likeness (QED) is 0.642. The fraction of sp³-hybridized carbons (Fsp3) is 1.00. The highest BCUT2D eigenvalue weighted by molar-refractivity contribution is 4.85. The van der Waals surface area contributed by atoms with Crippen LogP contribution in [0.25, 0.3) is 0 Å². The zero-order valence-electron chi connectivity index (χ0n) is 8.32. The zero-order chi connectivity index (χ0) is 9.14. The molecule has 1 aliphatic heterocycles. The Bertz CT molecular complexity index is 138. The summed E-state index contributed by atoms with van der Waals surface area (Å²) < 4.78 is 0. The molecule has 2 unspecified atom stereocenters. The summed E-state index contributed by atoms with van der Waals surface area (Å²) in [5.74, 6) is 0.648. The third kappa shape index (κ3) is 2.19. The molecule has 0 aromatic heterocycles. The molecule has 3 heteroatoms. The third-order valence-electron chi connectivity index (χ3n) is 2.75. The Hall–Kier alpha value is -0.120. The van der Waals surface area contributed by atoms with Gasteiger partial charge in [0.25, 0.3) is 0 Å². The molecule has 0 aliphatic carbocycles. The first kappa shape index (κ1) is 9.96. The predicted octanol–water partition coefficient (Wildman–Crippen LogP) is -0.139. The van der Waals surface area contributed by atoms with Crippen LogP contribution in [-0.2, 0) is 0 Å². The van der Waals surface area contributed by atoms with Crippen LogP contribution in [-0.4, -0.2) is 61.8 Å². The summed E-state index contributed by atoms with van der Waals surface area (Å²) in [6.45, 7) is 2.52. The van der Waals surface area contributed by atoms with E-state index in [-0.39, 0.29) is 0 Å². The van der Waals surface area contributed by atoms with Gasteiger partial charge in [0, 0.05) is 12.6 Å². The molecule has 12 heavy (non-hydrogen) atoms. The van der Waals surface area contributed by atoms with Gasteiger partial charge >= 0.3 is 0 Å². The van der Waals surface area contributed by atoms with Gasteiger partial charge in [0.2, 0.25) is 0 Å². The number of nitrogens with zero attached hydrogens (tertiary/aromatic N) is 2. The van der Waals surface area contributed by atoms with Gasteiger partial charge in [0.1, 0.15) is 0 Å². The first-order chi connectivity index (χ1) is 5.65. The molecule has 0 aromatic carbocycles. The van der Waals surface area contributed by atoms with E-state index in [9.17, 15) is 0 Å². The van der Waals surface area contributed by atoms with Crippen molar-refractivity contribution in [1.29, 1.82) is 0 Å². The molecule has 0 saturated carbocycles. The highest BCUT2D eigenvalue weighted by Crippen LogP contribution is 2.22. The minimum absolute atomic E-state index is 0.301. The lowest BCUT2D eigenvalue weighted by Gasteiger charge is -2.24. The highest BCUT2D eigenvalue weighted by Gasteiger charge is 2.30. The number of likely N-dealkylation sites (tertiary alicyclic amines) is 1. The van der Waals surface area contributed by atoms with Crippen molar-refractivity contribution in [3.05, 3.63) is 0 Å². The van der Waals surface area contributed by atoms with Crippen molar-refractivity contribution in [2.24, 2.45) is 5.92 Å². The Morgan fingerprint density at radius 2 is 2.17 bits per heavy atom. The fourth-order valence-corrected chi connectivity index (χ4v) is 2.06. The molecule has 1 saturated heterocycles. The van der Waals surface area contributed by atoms with Crippen molar-refractivity contribution >= 4 is 0 Å². The molecule has 1 N–H and O–H groups in total. The average molecular weight is 172 g/mol. The molecule has 0 spiro atoms. The van der Waals surface area contributed by atoms with Crippen molar-refractivity contribution in [3.63, 3.8) is 0 Å². The number of hydrogen-bond acceptors (Lipinski definition) is 3. The van der Waals surface area contributed by atoms with Gasteiger partial charge in [-0.25, -0.2) is 0 Å². The first-order valence-corrected chi connectivity index (χ1v) is 4.61. The average Bonchev–Trinajstić information content (AvgIpc) is 2.30. The molecular formula is C9H20N2O. The van der Waals surface area contributed by atoms with Crippen molar-refractivity contribution in [3.8, 4) is 0 Å². The van der Waals surface area contributed by atoms with Gasteiger partial charge in [-0.3, -0.25) is 0 Å². The van der Waals surface area contributed by atoms with Crippen LogP contribution in [0.5, 0.6) is 0 Å². The SMILES string of the molecule is CN(C)CC1CCN(C)C1CO. The second kappa shape index (κ2) is 4.21. The van der Waals surface area contributed by atoms with E-state index >= 15 is 0 Å². The topological polar surface area (TPSA) is 26.7 Å². The number of rotatable bonds is 3. The van der Waals surface area contributed by atoms with E-state index in [0.717, 1.165) is 13.1 Å². The molecule has 72 valence electrons. The van der Waals surface area contributed by atoms with Gasteiger partial charge in [-0.15, -0.1) is 0 Å². The van der Waals surface area contributed by atoms with E-state index < -0.39 is 0 Å². The third-order valence-corrected chi connectivity index (χ3v) is 2.75. The van der Waals surface area contributed by atoms with Crippen molar-refractivity contribution in [2.45, 2.75) is 12.5 Å². The van der Waals surface area contributed by atoms with Crippen LogP contribution in [0.15, 0.2) is 0 Å². The molecule has 1 fully saturated rings. The summed E-state index contributed by atoms with van der Waals surface area (Å²) in [6.07, 6.45) is 1.22. The van der Waals surface area contributed by atoms with Crippen LogP contribution in [0, 0.1) is 5.92 Å². The van der Waals surface area contributed by atoms with Crippen LogP contribution in [0.4, 0.5) is 0 Å². The van der Waals surface area contributed by atoms with Crippen molar-refractivity contribution in [2.75, 3.05) is 40.8 Å². The minimum atomic E-state index is 0.301. The van der Waals surface area contributed by atoms with E-state index in [4.69, 9.17) is 5.11 Å². The Morgan fingerprint density at radius 3 is 2.67 bits per heavy atom. The summed E-state index contributed by atoms with van der Waals surface area (Å²) >= 11 is 0. The summed E-state index contributed by atoms with van der Waals surface area (Å²) in [5, 5.41) is 9.16. The van der Waals surface area contributed by atoms with Crippen LogP contribution in [0.2, 0.25) is 0 Å². The highest BCUT2D eigenvalue weighted by atomic mass is 16.3. The van der Waals surface area contributed by atoms with Crippen LogP contribution < -0.4 is 0 Å². The maximum Gasteiger partial charge on any atom is 0.0589 e.